The van der Waals surface area contributed by atoms with E-state index >= 15 is 0 Å². The number of hydrogen-bond donors (Lipinski definition) is 0. The monoisotopic (exact) mass is 460 g/mol. The van der Waals surface area contributed by atoms with E-state index in [9.17, 15) is 8.42 Å². The maximum atomic E-state index is 13.5. The molecule has 0 unspecified atom stereocenters. The number of fused-ring (bicyclic) bond motifs is 1. The van der Waals surface area contributed by atoms with Crippen molar-refractivity contribution < 1.29 is 8.42 Å². The SMILES string of the molecule is Cc1cc(C)c(S(=O)(=O)N2CCC(n3c(-c4ccccc4)nc4cccnc43)CC2)c(C)c1. The van der Waals surface area contributed by atoms with E-state index in [0.29, 0.717) is 30.8 Å². The van der Waals surface area contributed by atoms with E-state index in [-0.39, 0.29) is 6.04 Å². The van der Waals surface area contributed by atoms with Gasteiger partial charge in [0, 0.05) is 30.9 Å². The van der Waals surface area contributed by atoms with Crippen molar-refractivity contribution in [3.63, 3.8) is 0 Å². The first kappa shape index (κ1) is 21.8. The van der Waals surface area contributed by atoms with Crippen LogP contribution in [0.25, 0.3) is 22.6 Å². The van der Waals surface area contributed by atoms with Crippen LogP contribution in [-0.2, 0) is 10.0 Å². The fourth-order valence-electron chi connectivity index (χ4n) is 5.11. The summed E-state index contributed by atoms with van der Waals surface area (Å²) in [7, 11) is -3.54. The molecule has 0 amide bonds. The minimum absolute atomic E-state index is 0.131. The lowest BCUT2D eigenvalue weighted by Gasteiger charge is -2.33. The van der Waals surface area contributed by atoms with E-state index in [0.717, 1.165) is 39.2 Å². The highest BCUT2D eigenvalue weighted by Gasteiger charge is 2.33. The highest BCUT2D eigenvalue weighted by atomic mass is 32.2. The fraction of sp³-hybridized carbons (Fsp3) is 0.308. The van der Waals surface area contributed by atoms with Crippen molar-refractivity contribution in [3.8, 4) is 11.4 Å². The second-order valence-electron chi connectivity index (χ2n) is 8.88. The maximum absolute atomic E-state index is 13.5. The second-order valence-corrected chi connectivity index (χ2v) is 10.8. The van der Waals surface area contributed by atoms with Gasteiger partial charge in [-0.2, -0.15) is 4.31 Å². The molecular formula is C26H28N4O2S. The Morgan fingerprint density at radius 1 is 0.909 bits per heavy atom. The molecule has 2 aromatic carbocycles. The minimum Gasteiger partial charge on any atom is -0.305 e. The summed E-state index contributed by atoms with van der Waals surface area (Å²) in [4.78, 5) is 9.94. The Hall–Kier alpha value is -3.03. The second kappa shape index (κ2) is 8.39. The average Bonchev–Trinajstić information content (AvgIpc) is 3.18. The maximum Gasteiger partial charge on any atom is 0.243 e. The van der Waals surface area contributed by atoms with Gasteiger partial charge in [0.25, 0.3) is 0 Å². The van der Waals surface area contributed by atoms with Crippen LogP contribution in [0.5, 0.6) is 0 Å². The zero-order valence-corrected chi connectivity index (χ0v) is 20.0. The Morgan fingerprint density at radius 2 is 1.58 bits per heavy atom. The van der Waals surface area contributed by atoms with Crippen LogP contribution in [0.1, 0.15) is 35.6 Å². The van der Waals surface area contributed by atoms with E-state index in [1.165, 1.54) is 0 Å². The third-order valence-electron chi connectivity index (χ3n) is 6.47. The molecule has 6 nitrogen and oxygen atoms in total. The van der Waals surface area contributed by atoms with E-state index in [2.05, 4.69) is 21.7 Å². The van der Waals surface area contributed by atoms with E-state index in [1.807, 2.05) is 63.2 Å². The first-order valence-corrected chi connectivity index (χ1v) is 12.8. The smallest absolute Gasteiger partial charge is 0.243 e. The summed E-state index contributed by atoms with van der Waals surface area (Å²) in [5, 5.41) is 0. The lowest BCUT2D eigenvalue weighted by Crippen LogP contribution is -2.39. The van der Waals surface area contributed by atoms with Crippen LogP contribution in [0.2, 0.25) is 0 Å². The number of hydrogen-bond acceptors (Lipinski definition) is 4. The Balaban J connectivity index is 1.47. The average molecular weight is 461 g/mol. The first-order chi connectivity index (χ1) is 15.9. The van der Waals surface area contributed by atoms with Gasteiger partial charge in [0.2, 0.25) is 10.0 Å². The summed E-state index contributed by atoms with van der Waals surface area (Å²) < 4.78 is 30.9. The molecule has 1 saturated heterocycles. The van der Waals surface area contributed by atoms with Gasteiger partial charge < -0.3 is 4.57 Å². The predicted octanol–water partition coefficient (Wildman–Crippen LogP) is 5.05. The van der Waals surface area contributed by atoms with Crippen molar-refractivity contribution in [3.05, 3.63) is 77.5 Å². The Bertz CT molecular complexity index is 1400. The number of aryl methyl sites for hydroxylation is 3. The number of piperidine rings is 1. The van der Waals surface area contributed by atoms with E-state index < -0.39 is 10.0 Å². The number of sulfonamides is 1. The highest BCUT2D eigenvalue weighted by Crippen LogP contribution is 2.35. The summed E-state index contributed by atoms with van der Waals surface area (Å²) in [6.07, 6.45) is 3.22. The standard InChI is InChI=1S/C26H28N4O2S/c1-18-16-19(2)24(20(3)17-18)33(31,32)29-14-11-22(12-15-29)30-25(21-8-5-4-6-9-21)28-23-10-7-13-27-26(23)30/h4-10,13,16-17,22H,11-12,14-15H2,1-3H3. The van der Waals surface area contributed by atoms with E-state index in [4.69, 9.17) is 4.98 Å². The molecule has 7 heteroatoms. The number of benzene rings is 2. The highest BCUT2D eigenvalue weighted by molar-refractivity contribution is 7.89. The van der Waals surface area contributed by atoms with Crippen molar-refractivity contribution >= 4 is 21.2 Å². The summed E-state index contributed by atoms with van der Waals surface area (Å²) in [5.41, 5.74) is 5.45. The van der Waals surface area contributed by atoms with Crippen LogP contribution in [0.4, 0.5) is 0 Å². The molecule has 1 fully saturated rings. The molecular weight excluding hydrogens is 432 g/mol. The first-order valence-electron chi connectivity index (χ1n) is 11.3. The quantitative estimate of drug-likeness (QED) is 0.427. The zero-order valence-electron chi connectivity index (χ0n) is 19.2. The third-order valence-corrected chi connectivity index (χ3v) is 8.68. The Morgan fingerprint density at radius 3 is 2.24 bits per heavy atom. The molecule has 0 N–H and O–H groups in total. The molecule has 3 heterocycles. The summed E-state index contributed by atoms with van der Waals surface area (Å²) in [5.74, 6) is 0.885. The minimum atomic E-state index is -3.54. The summed E-state index contributed by atoms with van der Waals surface area (Å²) in [6, 6.07) is 18.0. The van der Waals surface area contributed by atoms with Gasteiger partial charge in [0.05, 0.1) is 4.90 Å². The molecule has 0 aliphatic carbocycles. The summed E-state index contributed by atoms with van der Waals surface area (Å²) in [6.45, 7) is 6.71. The van der Waals surface area contributed by atoms with E-state index in [1.54, 1.807) is 10.5 Å². The van der Waals surface area contributed by atoms with Gasteiger partial charge in [-0.15, -0.1) is 0 Å². The van der Waals surface area contributed by atoms with Gasteiger partial charge in [0.1, 0.15) is 11.3 Å². The van der Waals surface area contributed by atoms with Gasteiger partial charge in [-0.05, 0) is 56.9 Å². The molecule has 0 bridgehead atoms. The van der Waals surface area contributed by atoms with Crippen LogP contribution in [0.3, 0.4) is 0 Å². The molecule has 0 radical (unpaired) electrons. The number of imidazole rings is 1. The Labute approximate surface area is 195 Å². The van der Waals surface area contributed by atoms with Crippen LogP contribution >= 0.6 is 0 Å². The third kappa shape index (κ3) is 3.85. The van der Waals surface area contributed by atoms with Crippen LogP contribution in [0.15, 0.2) is 65.7 Å². The number of pyridine rings is 1. The lowest BCUT2D eigenvalue weighted by atomic mass is 10.1. The molecule has 1 aliphatic heterocycles. The van der Waals surface area contributed by atoms with Crippen LogP contribution in [-0.4, -0.2) is 40.3 Å². The largest absolute Gasteiger partial charge is 0.305 e. The normalized spacial score (nSPS) is 15.8. The molecule has 1 aliphatic rings. The fourth-order valence-corrected chi connectivity index (χ4v) is 6.99. The molecule has 170 valence electrons. The molecule has 33 heavy (non-hydrogen) atoms. The lowest BCUT2D eigenvalue weighted by molar-refractivity contribution is 0.278. The zero-order chi connectivity index (χ0) is 23.2. The molecule has 0 spiro atoms. The van der Waals surface area contributed by atoms with Gasteiger partial charge in [-0.25, -0.2) is 18.4 Å². The molecule has 4 aromatic rings. The van der Waals surface area contributed by atoms with Gasteiger partial charge in [-0.3, -0.25) is 0 Å². The predicted molar refractivity (Wildman–Crippen MR) is 131 cm³/mol. The van der Waals surface area contributed by atoms with Crippen molar-refractivity contribution in [2.45, 2.75) is 44.6 Å². The number of rotatable bonds is 4. The van der Waals surface area contributed by atoms with Crippen molar-refractivity contribution in [1.82, 2.24) is 18.8 Å². The summed E-state index contributed by atoms with van der Waals surface area (Å²) >= 11 is 0. The van der Waals surface area contributed by atoms with Crippen molar-refractivity contribution in [2.75, 3.05) is 13.1 Å². The molecule has 5 rings (SSSR count). The van der Waals surface area contributed by atoms with Gasteiger partial charge in [0.15, 0.2) is 5.65 Å². The molecule has 2 aromatic heterocycles. The van der Waals surface area contributed by atoms with Crippen LogP contribution in [0, 0.1) is 20.8 Å². The van der Waals surface area contributed by atoms with Crippen molar-refractivity contribution in [1.29, 1.82) is 0 Å². The Kier molecular flexibility index (Phi) is 5.54. The number of aromatic nitrogens is 3. The number of nitrogens with zero attached hydrogens (tertiary/aromatic N) is 4. The van der Waals surface area contributed by atoms with Gasteiger partial charge in [-0.1, -0.05) is 48.0 Å². The molecule has 0 saturated carbocycles. The van der Waals surface area contributed by atoms with Gasteiger partial charge >= 0.3 is 0 Å². The topological polar surface area (TPSA) is 68.1 Å². The molecule has 0 atom stereocenters. The van der Waals surface area contributed by atoms with Crippen LogP contribution < -0.4 is 0 Å². The van der Waals surface area contributed by atoms with Crippen molar-refractivity contribution in [2.24, 2.45) is 0 Å².